The average molecular weight is 204 g/mol. The molecular weight excluding hydrogens is 192 g/mol. The van der Waals surface area contributed by atoms with Gasteiger partial charge in [-0.25, -0.2) is 0 Å². The SMILES string of the molecule is CP(C)(=O)C(F)(F)P(C)(C)=O. The number of rotatable bonds is 2. The quantitative estimate of drug-likeness (QED) is 0.648. The zero-order chi connectivity index (χ0) is 9.50. The molecule has 0 saturated heterocycles. The lowest BCUT2D eigenvalue weighted by Gasteiger charge is -2.24. The van der Waals surface area contributed by atoms with Gasteiger partial charge < -0.3 is 9.13 Å². The van der Waals surface area contributed by atoms with E-state index in [0.717, 1.165) is 26.7 Å². The van der Waals surface area contributed by atoms with Crippen LogP contribution in [-0.2, 0) is 9.13 Å². The second kappa shape index (κ2) is 2.67. The Bertz CT molecular complexity index is 213. The predicted molar refractivity (Wildman–Crippen MR) is 43.9 cm³/mol. The molecule has 2 nitrogen and oxygen atoms in total. The molecule has 0 aliphatic heterocycles. The van der Waals surface area contributed by atoms with Gasteiger partial charge in [-0.15, -0.1) is 0 Å². The summed E-state index contributed by atoms with van der Waals surface area (Å²) >= 11 is 0. The third-order valence-corrected chi connectivity index (χ3v) is 6.78. The molecule has 0 rings (SSSR count). The van der Waals surface area contributed by atoms with E-state index in [4.69, 9.17) is 0 Å². The molecular formula is C5H12F2O2P2. The van der Waals surface area contributed by atoms with Gasteiger partial charge in [0.2, 0.25) is 0 Å². The Kier molecular flexibility index (Phi) is 2.75. The zero-order valence-electron chi connectivity index (χ0n) is 6.97. The minimum Gasteiger partial charge on any atom is -0.317 e. The lowest BCUT2D eigenvalue weighted by atomic mass is 11.6. The molecule has 0 aromatic rings. The van der Waals surface area contributed by atoms with E-state index in [0.29, 0.717) is 0 Å². The third kappa shape index (κ3) is 2.13. The maximum atomic E-state index is 12.9. The van der Waals surface area contributed by atoms with Crippen LogP contribution in [0.5, 0.6) is 0 Å². The standard InChI is InChI=1S/C5H12F2O2P2/c1-10(2,8)5(6,7)11(3,4)9/h1-4H3. The van der Waals surface area contributed by atoms with Gasteiger partial charge in [0, 0.05) is 0 Å². The fourth-order valence-corrected chi connectivity index (χ4v) is 5.22. The largest absolute Gasteiger partial charge is 0.345 e. The Morgan fingerprint density at radius 3 is 1.09 bits per heavy atom. The van der Waals surface area contributed by atoms with E-state index in [1.54, 1.807) is 0 Å². The van der Waals surface area contributed by atoms with Gasteiger partial charge in [0.1, 0.15) is 0 Å². The van der Waals surface area contributed by atoms with Gasteiger partial charge in [0.05, 0.1) is 0 Å². The van der Waals surface area contributed by atoms with Gasteiger partial charge in [-0.2, -0.15) is 8.78 Å². The molecule has 0 heterocycles. The van der Waals surface area contributed by atoms with Crippen LogP contribution in [0.4, 0.5) is 8.78 Å². The first-order chi connectivity index (χ1) is 4.50. The summed E-state index contributed by atoms with van der Waals surface area (Å²) < 4.78 is 47.7. The molecule has 0 saturated carbocycles. The zero-order valence-corrected chi connectivity index (χ0v) is 8.76. The molecule has 68 valence electrons. The van der Waals surface area contributed by atoms with Crippen molar-refractivity contribution in [3.05, 3.63) is 0 Å². The van der Waals surface area contributed by atoms with Crippen molar-refractivity contribution in [2.24, 2.45) is 0 Å². The van der Waals surface area contributed by atoms with Crippen molar-refractivity contribution < 1.29 is 17.9 Å². The number of hydrogen-bond acceptors (Lipinski definition) is 2. The van der Waals surface area contributed by atoms with E-state index in [2.05, 4.69) is 0 Å². The smallest absolute Gasteiger partial charge is 0.317 e. The molecule has 11 heavy (non-hydrogen) atoms. The van der Waals surface area contributed by atoms with Crippen LogP contribution >= 0.6 is 14.3 Å². The number of halogens is 2. The van der Waals surface area contributed by atoms with E-state index >= 15 is 0 Å². The average Bonchev–Trinajstić information content (AvgIpc) is 1.58. The van der Waals surface area contributed by atoms with Gasteiger partial charge >= 0.3 is 5.40 Å². The molecule has 0 fully saturated rings. The van der Waals surface area contributed by atoms with Crippen LogP contribution in [-0.4, -0.2) is 32.1 Å². The van der Waals surface area contributed by atoms with Gasteiger partial charge in [0.25, 0.3) is 0 Å². The van der Waals surface area contributed by atoms with Gasteiger partial charge in [-0.1, -0.05) is 0 Å². The summed E-state index contributed by atoms with van der Waals surface area (Å²) in [5.41, 5.74) is 0. The molecule has 0 amide bonds. The van der Waals surface area contributed by atoms with Crippen LogP contribution in [0.15, 0.2) is 0 Å². The molecule has 0 unspecified atom stereocenters. The molecule has 0 aromatic heterocycles. The minimum absolute atomic E-state index is 0.951. The highest BCUT2D eigenvalue weighted by atomic mass is 31.2. The fourth-order valence-electron chi connectivity index (χ4n) is 0.580. The van der Waals surface area contributed by atoms with E-state index in [1.165, 1.54) is 0 Å². The summed E-state index contributed by atoms with van der Waals surface area (Å²) in [4.78, 5) is 0. The molecule has 0 bridgehead atoms. The van der Waals surface area contributed by atoms with Crippen molar-refractivity contribution in [3.63, 3.8) is 0 Å². The minimum atomic E-state index is -3.59. The third-order valence-electron chi connectivity index (χ3n) is 1.30. The summed E-state index contributed by atoms with van der Waals surface area (Å²) in [7, 11) is -7.17. The highest BCUT2D eigenvalue weighted by Crippen LogP contribution is 2.71. The first-order valence-electron chi connectivity index (χ1n) is 2.98. The first kappa shape index (κ1) is 11.3. The van der Waals surface area contributed by atoms with E-state index in [9.17, 15) is 17.9 Å². The van der Waals surface area contributed by atoms with Crippen LogP contribution in [0.3, 0.4) is 0 Å². The van der Waals surface area contributed by atoms with Gasteiger partial charge in [-0.3, -0.25) is 0 Å². The van der Waals surface area contributed by atoms with Crippen molar-refractivity contribution >= 4 is 14.3 Å². The van der Waals surface area contributed by atoms with Crippen LogP contribution in [0.25, 0.3) is 0 Å². The molecule has 0 aliphatic carbocycles. The van der Waals surface area contributed by atoms with Gasteiger partial charge in [0.15, 0.2) is 14.3 Å². The second-order valence-electron chi connectivity index (χ2n) is 3.21. The predicted octanol–water partition coefficient (Wildman–Crippen LogP) is 2.78. The summed E-state index contributed by atoms with van der Waals surface area (Å²) in [5.74, 6) is 0. The summed E-state index contributed by atoms with van der Waals surface area (Å²) in [5, 5.41) is -3.51. The maximum Gasteiger partial charge on any atom is 0.345 e. The van der Waals surface area contributed by atoms with Crippen molar-refractivity contribution in [1.82, 2.24) is 0 Å². The van der Waals surface area contributed by atoms with Crippen molar-refractivity contribution in [2.45, 2.75) is 5.40 Å². The molecule has 6 heteroatoms. The Morgan fingerprint density at radius 1 is 0.909 bits per heavy atom. The van der Waals surface area contributed by atoms with Crippen LogP contribution in [0.1, 0.15) is 0 Å². The Labute approximate surface area is 65.1 Å². The maximum absolute atomic E-state index is 12.9. The molecule has 0 aromatic carbocycles. The van der Waals surface area contributed by atoms with Crippen LogP contribution in [0, 0.1) is 0 Å². The second-order valence-corrected chi connectivity index (χ2v) is 10.1. The molecule has 0 radical (unpaired) electrons. The van der Waals surface area contributed by atoms with E-state index in [-0.39, 0.29) is 0 Å². The summed E-state index contributed by atoms with van der Waals surface area (Å²) in [6, 6.07) is 0. The number of hydrogen-bond donors (Lipinski definition) is 0. The van der Waals surface area contributed by atoms with Crippen molar-refractivity contribution in [1.29, 1.82) is 0 Å². The highest BCUT2D eigenvalue weighted by molar-refractivity contribution is 7.81. The van der Waals surface area contributed by atoms with Crippen LogP contribution < -0.4 is 0 Å². The van der Waals surface area contributed by atoms with Crippen molar-refractivity contribution in [2.75, 3.05) is 26.7 Å². The Hall–Kier alpha value is 0.320. The van der Waals surface area contributed by atoms with E-state index in [1.807, 2.05) is 0 Å². The monoisotopic (exact) mass is 204 g/mol. The molecule has 0 spiro atoms. The number of alkyl halides is 2. The molecule has 0 N–H and O–H groups in total. The topological polar surface area (TPSA) is 34.1 Å². The summed E-state index contributed by atoms with van der Waals surface area (Å²) in [6.07, 6.45) is 0. The fraction of sp³-hybridized carbons (Fsp3) is 1.00. The molecule has 0 atom stereocenters. The van der Waals surface area contributed by atoms with E-state index < -0.39 is 19.7 Å². The Balaban J connectivity index is 5.08. The van der Waals surface area contributed by atoms with Crippen molar-refractivity contribution in [3.8, 4) is 0 Å². The first-order valence-corrected chi connectivity index (χ1v) is 8.18. The normalized spacial score (nSPS) is 15.1. The molecule has 0 aliphatic rings. The lowest BCUT2D eigenvalue weighted by molar-refractivity contribution is 0.179. The van der Waals surface area contributed by atoms with Crippen LogP contribution in [0.2, 0.25) is 0 Å². The lowest BCUT2D eigenvalue weighted by Crippen LogP contribution is -2.14. The summed E-state index contributed by atoms with van der Waals surface area (Å²) in [6.45, 7) is 3.80. The highest BCUT2D eigenvalue weighted by Gasteiger charge is 2.52. The van der Waals surface area contributed by atoms with Gasteiger partial charge in [-0.05, 0) is 26.7 Å². The Morgan fingerprint density at radius 2 is 1.09 bits per heavy atom.